The van der Waals surface area contributed by atoms with Crippen molar-refractivity contribution < 1.29 is 18.0 Å². The lowest BCUT2D eigenvalue weighted by Gasteiger charge is -2.14. The number of nitrogens with zero attached hydrogens (tertiary/aromatic N) is 1. The minimum Gasteiger partial charge on any atom is -0.456 e. The molecule has 0 fully saturated rings. The number of carbonyl (C=O) groups is 1. The Bertz CT molecular complexity index is 1190. The Labute approximate surface area is 166 Å². The van der Waals surface area contributed by atoms with Crippen LogP contribution in [0.1, 0.15) is 32.5 Å². The van der Waals surface area contributed by atoms with Crippen LogP contribution in [-0.4, -0.2) is 10.5 Å². The van der Waals surface area contributed by atoms with Crippen LogP contribution in [0.3, 0.4) is 0 Å². The third kappa shape index (κ3) is 4.28. The number of carbonyl (C=O) groups excluding carboxylic acids is 1. The van der Waals surface area contributed by atoms with E-state index in [4.69, 9.17) is 8.85 Å². The van der Waals surface area contributed by atoms with E-state index in [2.05, 4.69) is 5.32 Å². The van der Waals surface area contributed by atoms with Crippen molar-refractivity contribution in [3.8, 4) is 11.5 Å². The first-order chi connectivity index (χ1) is 14.6. The second-order valence-corrected chi connectivity index (χ2v) is 6.24. The van der Waals surface area contributed by atoms with Gasteiger partial charge in [-0.1, -0.05) is 6.07 Å². The second-order valence-electron chi connectivity index (χ2n) is 6.24. The number of benzene rings is 2. The van der Waals surface area contributed by atoms with E-state index in [0.717, 1.165) is 17.7 Å². The van der Waals surface area contributed by atoms with Crippen LogP contribution >= 0.6 is 0 Å². The van der Waals surface area contributed by atoms with Gasteiger partial charge in [-0.05, 0) is 68.2 Å². The minimum absolute atomic E-state index is 0.0772. The third-order valence-corrected chi connectivity index (χ3v) is 4.14. The molecular formula is C22H21FN2O3. The molecule has 144 valence electrons. The van der Waals surface area contributed by atoms with Gasteiger partial charge in [-0.2, -0.15) is 0 Å². The molecular weight excluding hydrogens is 359 g/mol. The highest BCUT2D eigenvalue weighted by Gasteiger charge is 2.15. The quantitative estimate of drug-likeness (QED) is 0.697. The maximum Gasteiger partial charge on any atom is 0.259 e. The zero-order valence-corrected chi connectivity index (χ0v) is 15.5. The van der Waals surface area contributed by atoms with Gasteiger partial charge in [0.2, 0.25) is 0 Å². The highest BCUT2D eigenvalue weighted by molar-refractivity contribution is 6.06. The van der Waals surface area contributed by atoms with Crippen LogP contribution in [0, 0.1) is 19.6 Å². The summed E-state index contributed by atoms with van der Waals surface area (Å²) in [4.78, 5) is 24.9. The molecule has 0 aliphatic heterocycles. The van der Waals surface area contributed by atoms with Crippen molar-refractivity contribution >= 4 is 11.6 Å². The number of nitrogens with one attached hydrogen (secondary N) is 1. The summed E-state index contributed by atoms with van der Waals surface area (Å²) in [5, 5.41) is 2.65. The van der Waals surface area contributed by atoms with E-state index in [1.165, 1.54) is 22.8 Å². The van der Waals surface area contributed by atoms with Crippen molar-refractivity contribution in [1.29, 1.82) is 0 Å². The molecule has 0 atom stereocenters. The number of halogens is 1. The lowest BCUT2D eigenvalue weighted by atomic mass is 10.1. The molecule has 28 heavy (non-hydrogen) atoms. The number of aromatic nitrogens is 1. The molecule has 0 aliphatic carbocycles. The van der Waals surface area contributed by atoms with Crippen LogP contribution < -0.4 is 15.6 Å². The zero-order chi connectivity index (χ0) is 22.8. The number of aryl methyl sites for hydroxylation is 3. The SMILES string of the molecule is [2H]C([2H])([2H])c1cc(F)ccc1Oc1cc(C)ccc1C(=O)Nc1ccn(CC)c(=O)c1. The Kier molecular flexibility index (Phi) is 4.51. The molecule has 0 radical (unpaired) electrons. The number of amides is 1. The number of rotatable bonds is 5. The average molecular weight is 383 g/mol. The summed E-state index contributed by atoms with van der Waals surface area (Å²) in [7, 11) is 0. The molecule has 3 aromatic rings. The lowest BCUT2D eigenvalue weighted by Crippen LogP contribution is -2.20. The van der Waals surface area contributed by atoms with Gasteiger partial charge in [0.1, 0.15) is 17.3 Å². The summed E-state index contributed by atoms with van der Waals surface area (Å²) in [5.74, 6) is -1.22. The van der Waals surface area contributed by atoms with Crippen LogP contribution in [0.25, 0.3) is 0 Å². The Morgan fingerprint density at radius 3 is 2.71 bits per heavy atom. The zero-order valence-electron chi connectivity index (χ0n) is 18.5. The maximum atomic E-state index is 13.6. The fourth-order valence-electron chi connectivity index (χ4n) is 2.66. The number of hydrogen-bond donors (Lipinski definition) is 1. The van der Waals surface area contributed by atoms with Crippen molar-refractivity contribution in [2.75, 3.05) is 5.32 Å². The molecule has 3 rings (SSSR count). The molecule has 0 spiro atoms. The van der Waals surface area contributed by atoms with E-state index in [0.29, 0.717) is 12.2 Å². The van der Waals surface area contributed by atoms with Crippen molar-refractivity contribution in [3.63, 3.8) is 0 Å². The van der Waals surface area contributed by atoms with Gasteiger partial charge in [-0.15, -0.1) is 0 Å². The number of hydrogen-bond acceptors (Lipinski definition) is 3. The van der Waals surface area contributed by atoms with Gasteiger partial charge < -0.3 is 14.6 Å². The molecule has 0 saturated carbocycles. The minimum atomic E-state index is -2.60. The summed E-state index contributed by atoms with van der Waals surface area (Å²) >= 11 is 0. The van der Waals surface area contributed by atoms with Crippen LogP contribution in [0.2, 0.25) is 0 Å². The molecule has 6 heteroatoms. The standard InChI is InChI=1S/C22H21FN2O3/c1-4-25-10-9-17(13-21(25)26)24-22(27)18-7-5-14(2)11-20(18)28-19-8-6-16(23)12-15(19)3/h5-13H,4H2,1-3H3,(H,24,27)/i3D3. The third-order valence-electron chi connectivity index (χ3n) is 4.14. The van der Waals surface area contributed by atoms with Gasteiger partial charge in [0.15, 0.2) is 0 Å². The molecule has 1 heterocycles. The van der Waals surface area contributed by atoms with Crippen LogP contribution in [0.5, 0.6) is 11.5 Å². The number of pyridine rings is 1. The highest BCUT2D eigenvalue weighted by Crippen LogP contribution is 2.29. The van der Waals surface area contributed by atoms with Crippen LogP contribution in [-0.2, 0) is 6.54 Å². The van der Waals surface area contributed by atoms with Crippen LogP contribution in [0.4, 0.5) is 10.1 Å². The molecule has 0 unspecified atom stereocenters. The molecule has 1 N–H and O–H groups in total. The van der Waals surface area contributed by atoms with Gasteiger partial charge in [0, 0.05) is 28.6 Å². The Morgan fingerprint density at radius 2 is 2.00 bits per heavy atom. The topological polar surface area (TPSA) is 60.3 Å². The molecule has 0 saturated heterocycles. The van der Waals surface area contributed by atoms with Crippen molar-refractivity contribution in [2.24, 2.45) is 0 Å². The summed E-state index contributed by atoms with van der Waals surface area (Å²) in [6.45, 7) is 1.52. The first-order valence-corrected chi connectivity index (χ1v) is 8.69. The van der Waals surface area contributed by atoms with Gasteiger partial charge in [-0.25, -0.2) is 4.39 Å². The first-order valence-electron chi connectivity index (χ1n) is 10.2. The smallest absolute Gasteiger partial charge is 0.259 e. The molecule has 0 bridgehead atoms. The first kappa shape index (κ1) is 15.6. The molecule has 2 aromatic carbocycles. The molecule has 5 nitrogen and oxygen atoms in total. The summed E-state index contributed by atoms with van der Waals surface area (Å²) in [6.07, 6.45) is 1.58. The largest absolute Gasteiger partial charge is 0.456 e. The normalized spacial score (nSPS) is 12.6. The van der Waals surface area contributed by atoms with Crippen molar-refractivity contribution in [1.82, 2.24) is 4.57 Å². The van der Waals surface area contributed by atoms with E-state index in [1.807, 2.05) is 6.92 Å². The summed E-state index contributed by atoms with van der Waals surface area (Å²) in [5.41, 5.74) is 0.662. The van der Waals surface area contributed by atoms with E-state index in [1.54, 1.807) is 31.3 Å². The highest BCUT2D eigenvalue weighted by atomic mass is 19.1. The average Bonchev–Trinajstić information content (AvgIpc) is 2.69. The fraction of sp³-hybridized carbons (Fsp3) is 0.182. The number of ether oxygens (including phenoxy) is 1. The predicted molar refractivity (Wildman–Crippen MR) is 107 cm³/mol. The van der Waals surface area contributed by atoms with Gasteiger partial charge in [0.25, 0.3) is 11.5 Å². The Hall–Kier alpha value is -3.41. The number of anilines is 1. The predicted octanol–water partition coefficient (Wildman–Crippen LogP) is 4.67. The molecule has 0 aliphatic rings. The van der Waals surface area contributed by atoms with Crippen molar-refractivity contribution in [2.45, 2.75) is 27.2 Å². The summed E-state index contributed by atoms with van der Waals surface area (Å²) in [6, 6.07) is 10.9. The Morgan fingerprint density at radius 1 is 1.18 bits per heavy atom. The van der Waals surface area contributed by atoms with Gasteiger partial charge >= 0.3 is 0 Å². The lowest BCUT2D eigenvalue weighted by molar-refractivity contribution is 0.102. The van der Waals surface area contributed by atoms with E-state index in [9.17, 15) is 14.0 Å². The molecule has 1 amide bonds. The maximum absolute atomic E-state index is 13.6. The van der Waals surface area contributed by atoms with Crippen molar-refractivity contribution in [3.05, 3.63) is 87.6 Å². The fourth-order valence-corrected chi connectivity index (χ4v) is 2.66. The monoisotopic (exact) mass is 383 g/mol. The van der Waals surface area contributed by atoms with E-state index in [-0.39, 0.29) is 28.2 Å². The van der Waals surface area contributed by atoms with Gasteiger partial charge in [-0.3, -0.25) is 9.59 Å². The Balaban J connectivity index is 1.96. The van der Waals surface area contributed by atoms with E-state index < -0.39 is 18.6 Å². The molecule has 1 aromatic heterocycles. The van der Waals surface area contributed by atoms with E-state index >= 15 is 0 Å². The summed E-state index contributed by atoms with van der Waals surface area (Å²) < 4.78 is 43.8. The second kappa shape index (κ2) is 8.08. The van der Waals surface area contributed by atoms with Crippen LogP contribution in [0.15, 0.2) is 59.5 Å². The van der Waals surface area contributed by atoms with Gasteiger partial charge in [0.05, 0.1) is 5.56 Å².